The van der Waals surface area contributed by atoms with Gasteiger partial charge in [-0.25, -0.2) is 0 Å². The van der Waals surface area contributed by atoms with Gasteiger partial charge < -0.3 is 14.2 Å². The molecule has 0 aliphatic rings. The molecule has 78 heavy (non-hydrogen) atoms. The zero-order valence-electron chi connectivity index (χ0n) is 51.9. The fraction of sp³-hybridized carbons (Fsp3) is 0.792. The van der Waals surface area contributed by atoms with Crippen molar-refractivity contribution in [1.29, 1.82) is 0 Å². The van der Waals surface area contributed by atoms with Crippen LogP contribution < -0.4 is 0 Å². The fourth-order valence-corrected chi connectivity index (χ4v) is 9.89. The molecular formula is C72H128O6. The normalized spacial score (nSPS) is 12.5. The third-order valence-corrected chi connectivity index (χ3v) is 14.9. The molecule has 0 aromatic heterocycles. The zero-order valence-corrected chi connectivity index (χ0v) is 51.9. The highest BCUT2D eigenvalue weighted by molar-refractivity contribution is 5.71. The molecule has 6 heteroatoms. The van der Waals surface area contributed by atoms with Gasteiger partial charge in [0, 0.05) is 19.3 Å². The minimum Gasteiger partial charge on any atom is -0.462 e. The number of carbonyl (C=O) groups is 3. The summed E-state index contributed by atoms with van der Waals surface area (Å²) in [6.45, 7) is 6.47. The molecule has 0 aromatic carbocycles. The number of esters is 3. The highest BCUT2D eigenvalue weighted by Gasteiger charge is 2.19. The summed E-state index contributed by atoms with van der Waals surface area (Å²) in [4.78, 5) is 38.3. The first kappa shape index (κ1) is 74.8. The number of hydrogen-bond acceptors (Lipinski definition) is 6. The van der Waals surface area contributed by atoms with Gasteiger partial charge in [0.15, 0.2) is 6.10 Å². The third kappa shape index (κ3) is 63.7. The highest BCUT2D eigenvalue weighted by atomic mass is 16.6. The van der Waals surface area contributed by atoms with Crippen molar-refractivity contribution >= 4 is 17.9 Å². The smallest absolute Gasteiger partial charge is 0.306 e. The predicted molar refractivity (Wildman–Crippen MR) is 339 cm³/mol. The van der Waals surface area contributed by atoms with Crippen LogP contribution in [0.2, 0.25) is 0 Å². The molecule has 6 nitrogen and oxygen atoms in total. The molecule has 0 saturated carbocycles. The van der Waals surface area contributed by atoms with Gasteiger partial charge in [-0.05, 0) is 83.5 Å². The van der Waals surface area contributed by atoms with Crippen molar-refractivity contribution in [2.45, 2.75) is 354 Å². The van der Waals surface area contributed by atoms with Gasteiger partial charge in [0.1, 0.15) is 13.2 Å². The largest absolute Gasteiger partial charge is 0.462 e. The number of ether oxygens (including phenoxy) is 3. The van der Waals surface area contributed by atoms with Gasteiger partial charge in [-0.15, -0.1) is 0 Å². The molecule has 0 radical (unpaired) electrons. The predicted octanol–water partition coefficient (Wildman–Crippen LogP) is 23.3. The average Bonchev–Trinajstić information content (AvgIpc) is 3.44. The monoisotopic (exact) mass is 1090 g/mol. The van der Waals surface area contributed by atoms with E-state index in [2.05, 4.69) is 93.7 Å². The Morgan fingerprint density at radius 3 is 0.833 bits per heavy atom. The summed E-state index contributed by atoms with van der Waals surface area (Å²) in [5.74, 6) is -0.911. The van der Waals surface area contributed by atoms with E-state index in [0.717, 1.165) is 128 Å². The molecule has 0 amide bonds. The minimum absolute atomic E-state index is 0.0875. The van der Waals surface area contributed by atoms with Crippen LogP contribution in [-0.2, 0) is 28.6 Å². The summed E-state index contributed by atoms with van der Waals surface area (Å²) >= 11 is 0. The van der Waals surface area contributed by atoms with Crippen molar-refractivity contribution in [3.05, 3.63) is 72.9 Å². The first-order chi connectivity index (χ1) is 38.5. The van der Waals surface area contributed by atoms with E-state index in [9.17, 15) is 14.4 Å². The zero-order chi connectivity index (χ0) is 56.4. The van der Waals surface area contributed by atoms with E-state index in [0.29, 0.717) is 19.3 Å². The van der Waals surface area contributed by atoms with Crippen molar-refractivity contribution in [2.75, 3.05) is 13.2 Å². The van der Waals surface area contributed by atoms with Gasteiger partial charge in [0.05, 0.1) is 0 Å². The maximum Gasteiger partial charge on any atom is 0.306 e. The number of hydrogen-bond donors (Lipinski definition) is 0. The molecule has 0 spiro atoms. The first-order valence-corrected chi connectivity index (χ1v) is 33.9. The van der Waals surface area contributed by atoms with E-state index >= 15 is 0 Å². The summed E-state index contributed by atoms with van der Waals surface area (Å²) in [5.41, 5.74) is 0. The Labute approximate surface area is 484 Å². The Morgan fingerprint density at radius 2 is 0.526 bits per heavy atom. The van der Waals surface area contributed by atoms with Gasteiger partial charge in [-0.3, -0.25) is 14.4 Å². The lowest BCUT2D eigenvalue weighted by atomic mass is 10.0. The van der Waals surface area contributed by atoms with Gasteiger partial charge >= 0.3 is 17.9 Å². The summed E-state index contributed by atoms with van der Waals surface area (Å²) in [5, 5.41) is 0. The second-order valence-corrected chi connectivity index (χ2v) is 22.7. The van der Waals surface area contributed by atoms with E-state index < -0.39 is 6.10 Å². The van der Waals surface area contributed by atoms with Gasteiger partial charge in [-0.1, -0.05) is 318 Å². The van der Waals surface area contributed by atoms with Crippen LogP contribution in [-0.4, -0.2) is 37.2 Å². The molecular weight excluding hydrogens is 961 g/mol. The lowest BCUT2D eigenvalue weighted by Gasteiger charge is -2.18. The maximum atomic E-state index is 12.9. The van der Waals surface area contributed by atoms with Crippen LogP contribution in [0.25, 0.3) is 0 Å². The van der Waals surface area contributed by atoms with Crippen molar-refractivity contribution in [3.8, 4) is 0 Å². The summed E-state index contributed by atoms with van der Waals surface area (Å²) in [6.07, 6.45) is 86.6. The molecule has 1 atom stereocenters. The summed E-state index contributed by atoms with van der Waals surface area (Å²) < 4.78 is 16.9. The van der Waals surface area contributed by atoms with Crippen molar-refractivity contribution in [1.82, 2.24) is 0 Å². The van der Waals surface area contributed by atoms with Crippen molar-refractivity contribution < 1.29 is 28.6 Å². The van der Waals surface area contributed by atoms with E-state index in [1.54, 1.807) is 0 Å². The van der Waals surface area contributed by atoms with Crippen LogP contribution in [0.1, 0.15) is 348 Å². The van der Waals surface area contributed by atoms with Crippen LogP contribution in [0, 0.1) is 0 Å². The second-order valence-electron chi connectivity index (χ2n) is 22.7. The Balaban J connectivity index is 4.19. The number of rotatable bonds is 62. The quantitative estimate of drug-likeness (QED) is 0.0261. The van der Waals surface area contributed by atoms with Crippen LogP contribution in [0.15, 0.2) is 72.9 Å². The highest BCUT2D eigenvalue weighted by Crippen LogP contribution is 2.18. The first-order valence-electron chi connectivity index (χ1n) is 33.9. The molecule has 0 heterocycles. The van der Waals surface area contributed by atoms with E-state index in [1.807, 2.05) is 0 Å². The van der Waals surface area contributed by atoms with Crippen LogP contribution >= 0.6 is 0 Å². The Hall–Kier alpha value is -3.15. The standard InChI is InChI=1S/C72H128O6/c1-4-7-10-13-16-19-22-25-27-29-30-31-32-33-34-35-36-37-38-39-40-41-43-44-47-50-53-56-59-62-65-71(74)77-68-69(67-76-70(73)64-61-58-55-52-49-46-24-21-18-15-12-9-6-3)78-72(75)66-63-60-57-54-51-48-45-42-28-26-23-20-17-14-11-8-5-2/h8,11-12,15,17,20-21,24,26,28,45,48,69H,4-7,9-10,13-14,16,18-19,22-23,25,27,29-44,46-47,49-68H2,1-3H3/b11-8-,15-12-,20-17-,24-21-,28-26-,48-45-. The summed E-state index contributed by atoms with van der Waals surface area (Å²) in [6, 6.07) is 0. The van der Waals surface area contributed by atoms with E-state index in [1.165, 1.54) is 180 Å². The Kier molecular flexibility index (Phi) is 63.7. The van der Waals surface area contributed by atoms with Crippen molar-refractivity contribution in [2.24, 2.45) is 0 Å². The van der Waals surface area contributed by atoms with Crippen LogP contribution in [0.3, 0.4) is 0 Å². The molecule has 0 saturated heterocycles. The molecule has 0 N–H and O–H groups in total. The molecule has 0 aliphatic carbocycles. The van der Waals surface area contributed by atoms with E-state index in [4.69, 9.17) is 14.2 Å². The van der Waals surface area contributed by atoms with Crippen LogP contribution in [0.5, 0.6) is 0 Å². The van der Waals surface area contributed by atoms with E-state index in [-0.39, 0.29) is 31.1 Å². The average molecular weight is 1090 g/mol. The number of carbonyl (C=O) groups excluding carboxylic acids is 3. The third-order valence-electron chi connectivity index (χ3n) is 14.9. The van der Waals surface area contributed by atoms with Gasteiger partial charge in [-0.2, -0.15) is 0 Å². The summed E-state index contributed by atoms with van der Waals surface area (Å²) in [7, 11) is 0. The topological polar surface area (TPSA) is 78.9 Å². The Morgan fingerprint density at radius 1 is 0.269 bits per heavy atom. The van der Waals surface area contributed by atoms with Gasteiger partial charge in [0.25, 0.3) is 0 Å². The number of unbranched alkanes of at least 4 members (excludes halogenated alkanes) is 39. The number of allylic oxidation sites excluding steroid dienone is 12. The SMILES string of the molecule is CC/C=C\C/C=C\C/C=C\C/C=C\CCCCCCC(=O)OC(COC(=O)CCCCCCC/C=C\C/C=C\CCC)COC(=O)CCCCCCCCCCCCCCCCCCCCCCCCCCCCCCCC. The molecule has 0 rings (SSSR count). The minimum atomic E-state index is -0.794. The molecule has 0 aromatic rings. The van der Waals surface area contributed by atoms with Gasteiger partial charge in [0.2, 0.25) is 0 Å². The second kappa shape index (κ2) is 66.4. The molecule has 0 bridgehead atoms. The van der Waals surface area contributed by atoms with Crippen molar-refractivity contribution in [3.63, 3.8) is 0 Å². The molecule has 0 fully saturated rings. The lowest BCUT2D eigenvalue weighted by molar-refractivity contribution is -0.167. The van der Waals surface area contributed by atoms with Crippen LogP contribution in [0.4, 0.5) is 0 Å². The molecule has 0 aliphatic heterocycles. The molecule has 1 unspecified atom stereocenters. The fourth-order valence-electron chi connectivity index (χ4n) is 9.89. The maximum absolute atomic E-state index is 12.9. The molecule has 452 valence electrons. The lowest BCUT2D eigenvalue weighted by Crippen LogP contribution is -2.30. The Bertz CT molecular complexity index is 1440.